The fourth-order valence-electron chi connectivity index (χ4n) is 1.48. The zero-order chi connectivity index (χ0) is 13.3. The van der Waals surface area contributed by atoms with Crippen LogP contribution in [-0.4, -0.2) is 28.2 Å². The highest BCUT2D eigenvalue weighted by Crippen LogP contribution is 2.27. The molecule has 0 saturated heterocycles. The van der Waals surface area contributed by atoms with Crippen LogP contribution in [0.2, 0.25) is 0 Å². The van der Waals surface area contributed by atoms with E-state index in [2.05, 4.69) is 9.97 Å². The number of oxazole rings is 1. The lowest BCUT2D eigenvalue weighted by atomic mass is 10.4. The van der Waals surface area contributed by atoms with Gasteiger partial charge in [0.2, 0.25) is 17.0 Å². The van der Waals surface area contributed by atoms with Gasteiger partial charge in [-0.05, 0) is 4.92 Å². The number of nitrogens with zero attached hydrogens (tertiary/aromatic N) is 4. The van der Waals surface area contributed by atoms with Crippen molar-refractivity contribution >= 4 is 16.9 Å². The average molecular weight is 272 g/mol. The van der Waals surface area contributed by atoms with E-state index in [1.54, 1.807) is 0 Å². The van der Waals surface area contributed by atoms with E-state index in [9.17, 15) is 18.9 Å². The van der Waals surface area contributed by atoms with E-state index in [-0.39, 0.29) is 17.5 Å². The maximum absolute atomic E-state index is 11.3. The van der Waals surface area contributed by atoms with Crippen molar-refractivity contribution in [2.45, 2.75) is 5.25 Å². The SMILES string of the molecule is Cn1c([N+](=O)[O-])cnc1C(c1ncco1)S(=O)O. The smallest absolute Gasteiger partial charge is 0.342 e. The van der Waals surface area contributed by atoms with Crippen LogP contribution in [0.3, 0.4) is 0 Å². The summed E-state index contributed by atoms with van der Waals surface area (Å²) in [7, 11) is 1.38. The third-order valence-electron chi connectivity index (χ3n) is 2.30. The van der Waals surface area contributed by atoms with Crippen molar-refractivity contribution in [3.63, 3.8) is 0 Å². The molecule has 0 radical (unpaired) electrons. The van der Waals surface area contributed by atoms with Gasteiger partial charge in [0.25, 0.3) is 0 Å². The summed E-state index contributed by atoms with van der Waals surface area (Å²) in [5.41, 5.74) is 0. The lowest BCUT2D eigenvalue weighted by Gasteiger charge is -2.05. The van der Waals surface area contributed by atoms with Crippen LogP contribution in [0.15, 0.2) is 23.1 Å². The van der Waals surface area contributed by atoms with Gasteiger partial charge in [-0.1, -0.05) is 0 Å². The van der Waals surface area contributed by atoms with Gasteiger partial charge < -0.3 is 19.1 Å². The number of imidazole rings is 1. The molecule has 2 heterocycles. The predicted octanol–water partition coefficient (Wildman–Crippen LogP) is 0.627. The van der Waals surface area contributed by atoms with Crippen LogP contribution in [0.5, 0.6) is 0 Å². The van der Waals surface area contributed by atoms with Crippen molar-refractivity contribution < 1.29 is 18.1 Å². The monoisotopic (exact) mass is 272 g/mol. The summed E-state index contributed by atoms with van der Waals surface area (Å²) < 4.78 is 26.6. The molecule has 0 aliphatic carbocycles. The van der Waals surface area contributed by atoms with E-state index < -0.39 is 21.3 Å². The topological polar surface area (TPSA) is 124 Å². The standard InChI is InChI=1S/C8H8N4O5S/c1-11-5(12(13)14)4-10-7(11)6(18(15)16)8-9-2-3-17-8/h2-4,6H,1H3,(H,15,16). The molecule has 0 aromatic carbocycles. The summed E-state index contributed by atoms with van der Waals surface area (Å²) in [6, 6.07) is 0. The lowest BCUT2D eigenvalue weighted by Crippen LogP contribution is -2.14. The molecular weight excluding hydrogens is 264 g/mol. The van der Waals surface area contributed by atoms with Gasteiger partial charge in [-0.15, -0.1) is 0 Å². The van der Waals surface area contributed by atoms with Crippen LogP contribution in [0.1, 0.15) is 17.0 Å². The first-order valence-corrected chi connectivity index (χ1v) is 5.84. The number of rotatable bonds is 4. The minimum atomic E-state index is -2.36. The number of nitro groups is 1. The third kappa shape index (κ3) is 2.02. The van der Waals surface area contributed by atoms with Crippen LogP contribution in [-0.2, 0) is 18.1 Å². The van der Waals surface area contributed by atoms with E-state index in [0.717, 1.165) is 10.8 Å². The second-order valence-corrected chi connectivity index (χ2v) is 4.34. The number of hydrogen-bond acceptors (Lipinski definition) is 6. The summed E-state index contributed by atoms with van der Waals surface area (Å²) in [4.78, 5) is 17.6. The summed E-state index contributed by atoms with van der Waals surface area (Å²) in [6.45, 7) is 0. The van der Waals surface area contributed by atoms with E-state index in [4.69, 9.17) is 4.42 Å². The lowest BCUT2D eigenvalue weighted by molar-refractivity contribution is -0.391. The zero-order valence-corrected chi connectivity index (χ0v) is 9.90. The van der Waals surface area contributed by atoms with Crippen molar-refractivity contribution in [2.24, 2.45) is 7.05 Å². The third-order valence-corrected chi connectivity index (χ3v) is 3.11. The predicted molar refractivity (Wildman–Crippen MR) is 59.0 cm³/mol. The van der Waals surface area contributed by atoms with Gasteiger partial charge in [0.05, 0.1) is 13.2 Å². The molecule has 0 aliphatic rings. The van der Waals surface area contributed by atoms with Crippen molar-refractivity contribution in [3.8, 4) is 0 Å². The molecule has 2 unspecified atom stereocenters. The normalized spacial score (nSPS) is 14.3. The van der Waals surface area contributed by atoms with E-state index in [1.807, 2.05) is 0 Å². The van der Waals surface area contributed by atoms with Gasteiger partial charge in [0.15, 0.2) is 11.1 Å². The van der Waals surface area contributed by atoms with E-state index >= 15 is 0 Å². The first kappa shape index (κ1) is 12.4. The second-order valence-electron chi connectivity index (χ2n) is 3.32. The van der Waals surface area contributed by atoms with Crippen molar-refractivity contribution in [1.82, 2.24) is 14.5 Å². The van der Waals surface area contributed by atoms with Gasteiger partial charge in [0.1, 0.15) is 12.5 Å². The largest absolute Gasteiger partial charge is 0.447 e. The van der Waals surface area contributed by atoms with Gasteiger partial charge in [0, 0.05) is 0 Å². The summed E-state index contributed by atoms with van der Waals surface area (Å²) >= 11 is -2.36. The second kappa shape index (κ2) is 4.66. The molecular formula is C8H8N4O5S. The molecule has 2 atom stereocenters. The number of aromatic nitrogens is 3. The zero-order valence-electron chi connectivity index (χ0n) is 9.09. The molecule has 0 saturated carbocycles. The van der Waals surface area contributed by atoms with Gasteiger partial charge in [-0.25, -0.2) is 18.7 Å². The molecule has 0 aliphatic heterocycles. The highest BCUT2D eigenvalue weighted by atomic mass is 32.2. The van der Waals surface area contributed by atoms with Crippen LogP contribution in [0.25, 0.3) is 0 Å². The van der Waals surface area contributed by atoms with E-state index in [0.29, 0.717) is 0 Å². The molecule has 2 aromatic rings. The maximum atomic E-state index is 11.3. The minimum absolute atomic E-state index is 0.0283. The van der Waals surface area contributed by atoms with Crippen molar-refractivity contribution in [3.05, 3.63) is 40.5 Å². The molecule has 2 rings (SSSR count). The minimum Gasteiger partial charge on any atom is -0.447 e. The Morgan fingerprint density at radius 3 is 2.78 bits per heavy atom. The molecule has 0 fully saturated rings. The molecule has 9 nitrogen and oxygen atoms in total. The van der Waals surface area contributed by atoms with Gasteiger partial charge in [-0.2, -0.15) is 0 Å². The summed E-state index contributed by atoms with van der Waals surface area (Å²) in [6.07, 6.45) is 3.57. The highest BCUT2D eigenvalue weighted by Gasteiger charge is 2.33. The highest BCUT2D eigenvalue weighted by molar-refractivity contribution is 7.79. The molecule has 0 amide bonds. The Labute approximate surface area is 103 Å². The van der Waals surface area contributed by atoms with Crippen molar-refractivity contribution in [1.29, 1.82) is 0 Å². The van der Waals surface area contributed by atoms with E-state index in [1.165, 1.54) is 19.5 Å². The number of hydrogen-bond donors (Lipinski definition) is 1. The molecule has 1 N–H and O–H groups in total. The van der Waals surface area contributed by atoms with Crippen molar-refractivity contribution in [2.75, 3.05) is 0 Å². The Kier molecular flexibility index (Phi) is 3.21. The fourth-order valence-corrected chi connectivity index (χ4v) is 2.17. The van der Waals surface area contributed by atoms with Crippen LogP contribution in [0, 0.1) is 10.1 Å². The fraction of sp³-hybridized carbons (Fsp3) is 0.250. The van der Waals surface area contributed by atoms with Gasteiger partial charge in [-0.3, -0.25) is 0 Å². The Balaban J connectivity index is 2.51. The molecule has 96 valence electrons. The quantitative estimate of drug-likeness (QED) is 0.491. The molecule has 0 spiro atoms. The first-order chi connectivity index (χ1) is 8.52. The molecule has 18 heavy (non-hydrogen) atoms. The Hall–Kier alpha value is -2.07. The Morgan fingerprint density at radius 2 is 2.33 bits per heavy atom. The summed E-state index contributed by atoms with van der Waals surface area (Å²) in [5.74, 6) is -0.281. The Bertz CT molecular complexity index is 593. The van der Waals surface area contributed by atoms with Gasteiger partial charge >= 0.3 is 5.82 Å². The maximum Gasteiger partial charge on any atom is 0.342 e. The van der Waals surface area contributed by atoms with Crippen LogP contribution < -0.4 is 0 Å². The first-order valence-electron chi connectivity index (χ1n) is 4.67. The summed E-state index contributed by atoms with van der Waals surface area (Å²) in [5, 5.41) is 9.51. The van der Waals surface area contributed by atoms with Crippen LogP contribution in [0.4, 0.5) is 5.82 Å². The average Bonchev–Trinajstić information content (AvgIpc) is 2.90. The molecule has 2 aromatic heterocycles. The Morgan fingerprint density at radius 1 is 1.61 bits per heavy atom. The molecule has 10 heteroatoms. The molecule has 0 bridgehead atoms. The van der Waals surface area contributed by atoms with Crippen LogP contribution >= 0.6 is 0 Å².